The smallest absolute Gasteiger partial charge is 0.332 e. The maximum atomic E-state index is 13.0. The molecule has 1 unspecified atom stereocenters. The predicted molar refractivity (Wildman–Crippen MR) is 103 cm³/mol. The number of anilines is 1. The van der Waals surface area contributed by atoms with Gasteiger partial charge in [0.05, 0.1) is 12.2 Å². The van der Waals surface area contributed by atoms with Gasteiger partial charge < -0.3 is 15.2 Å². The fourth-order valence-corrected chi connectivity index (χ4v) is 4.10. The van der Waals surface area contributed by atoms with Crippen LogP contribution in [0.25, 0.3) is 0 Å². The molecule has 1 aliphatic heterocycles. The van der Waals surface area contributed by atoms with E-state index in [0.29, 0.717) is 13.0 Å². The molecule has 2 aromatic rings. The number of Topliss-reactive ketones (excluding diaryl/α,β-unsaturated/α-hetero) is 1. The Balaban J connectivity index is 1.94. The first-order valence-electron chi connectivity index (χ1n) is 9.45. The standard InChI is InChI=1S/C19H27N5O3/c1-4-9-24-17(20)16(18(26)22(3)19(24)27)15(25)12-23-11-6-8-14(23)13-7-5-10-21(13)2/h5,7,10,14H,4,6,8-9,11-12,20H2,1-3H3/p+1/t14-/m0/s1. The minimum atomic E-state index is -0.608. The van der Waals surface area contributed by atoms with Crippen LogP contribution in [0.5, 0.6) is 0 Å². The van der Waals surface area contributed by atoms with Gasteiger partial charge in [-0.3, -0.25) is 18.7 Å². The number of carbonyl (C=O) groups is 1. The molecule has 8 nitrogen and oxygen atoms in total. The SMILES string of the molecule is CCCn1c(N)c(C(=O)C[NH+]2CCC[C@H]2c2cccn2C)c(=O)n(C)c1=O. The molecule has 1 fully saturated rings. The molecule has 0 saturated carbocycles. The molecule has 1 aliphatic rings. The molecule has 2 aromatic heterocycles. The highest BCUT2D eigenvalue weighted by atomic mass is 16.2. The van der Waals surface area contributed by atoms with Crippen molar-refractivity contribution < 1.29 is 9.69 Å². The van der Waals surface area contributed by atoms with Crippen LogP contribution in [0.2, 0.25) is 0 Å². The summed E-state index contributed by atoms with van der Waals surface area (Å²) < 4.78 is 4.38. The summed E-state index contributed by atoms with van der Waals surface area (Å²) in [5, 5.41) is 0. The molecule has 0 spiro atoms. The number of nitrogen functional groups attached to an aromatic ring is 1. The Morgan fingerprint density at radius 1 is 1.33 bits per heavy atom. The Labute approximate surface area is 157 Å². The monoisotopic (exact) mass is 374 g/mol. The second-order valence-corrected chi connectivity index (χ2v) is 7.31. The largest absolute Gasteiger partial charge is 0.384 e. The molecule has 27 heavy (non-hydrogen) atoms. The van der Waals surface area contributed by atoms with Gasteiger partial charge in [0.25, 0.3) is 5.56 Å². The van der Waals surface area contributed by atoms with E-state index in [1.54, 1.807) is 0 Å². The number of quaternary nitrogens is 1. The summed E-state index contributed by atoms with van der Waals surface area (Å²) in [6.07, 6.45) is 4.72. The van der Waals surface area contributed by atoms with Crippen LogP contribution < -0.4 is 21.9 Å². The van der Waals surface area contributed by atoms with Gasteiger partial charge in [0, 0.05) is 39.7 Å². The van der Waals surface area contributed by atoms with Crippen LogP contribution in [0.1, 0.15) is 48.3 Å². The lowest BCUT2D eigenvalue weighted by Crippen LogP contribution is -3.11. The molecule has 0 aromatic carbocycles. The van der Waals surface area contributed by atoms with E-state index in [1.165, 1.54) is 17.3 Å². The number of rotatable bonds is 6. The van der Waals surface area contributed by atoms with Gasteiger partial charge in [-0.05, 0) is 18.6 Å². The highest BCUT2D eigenvalue weighted by Crippen LogP contribution is 2.19. The van der Waals surface area contributed by atoms with Gasteiger partial charge >= 0.3 is 5.69 Å². The first-order valence-corrected chi connectivity index (χ1v) is 9.45. The average Bonchev–Trinajstić information content (AvgIpc) is 3.25. The minimum Gasteiger partial charge on any atom is -0.384 e. The Morgan fingerprint density at radius 3 is 2.70 bits per heavy atom. The van der Waals surface area contributed by atoms with Crippen LogP contribution in [0.4, 0.5) is 5.82 Å². The van der Waals surface area contributed by atoms with E-state index in [1.807, 2.05) is 26.2 Å². The summed E-state index contributed by atoms with van der Waals surface area (Å²) in [7, 11) is 3.39. The van der Waals surface area contributed by atoms with Crippen LogP contribution in [0.15, 0.2) is 27.9 Å². The number of nitrogens with one attached hydrogen (secondary N) is 1. The number of aromatic nitrogens is 3. The van der Waals surface area contributed by atoms with Gasteiger partial charge in [0.1, 0.15) is 24.0 Å². The van der Waals surface area contributed by atoms with Gasteiger partial charge in [-0.15, -0.1) is 0 Å². The van der Waals surface area contributed by atoms with E-state index in [4.69, 9.17) is 5.73 Å². The number of nitrogens with zero attached hydrogens (tertiary/aromatic N) is 3. The fraction of sp³-hybridized carbons (Fsp3) is 0.526. The Morgan fingerprint density at radius 2 is 2.07 bits per heavy atom. The zero-order valence-corrected chi connectivity index (χ0v) is 16.2. The number of hydrogen-bond donors (Lipinski definition) is 2. The maximum Gasteiger partial charge on any atom is 0.332 e. The van der Waals surface area contributed by atoms with E-state index in [2.05, 4.69) is 10.6 Å². The predicted octanol–water partition coefficient (Wildman–Crippen LogP) is -0.520. The van der Waals surface area contributed by atoms with Gasteiger partial charge in [0.15, 0.2) is 0 Å². The highest BCUT2D eigenvalue weighted by Gasteiger charge is 2.34. The number of ketones is 1. The molecule has 146 valence electrons. The van der Waals surface area contributed by atoms with Crippen molar-refractivity contribution in [2.75, 3.05) is 18.8 Å². The molecule has 1 saturated heterocycles. The third-order valence-corrected chi connectivity index (χ3v) is 5.52. The van der Waals surface area contributed by atoms with E-state index >= 15 is 0 Å². The molecular formula is C19H28N5O3+. The van der Waals surface area contributed by atoms with Crippen LogP contribution >= 0.6 is 0 Å². The molecule has 3 rings (SSSR count). The quantitative estimate of drug-likeness (QED) is 0.665. The van der Waals surface area contributed by atoms with Crippen molar-refractivity contribution in [2.45, 2.75) is 38.8 Å². The zero-order valence-electron chi connectivity index (χ0n) is 16.2. The van der Waals surface area contributed by atoms with Gasteiger partial charge in [-0.1, -0.05) is 6.92 Å². The summed E-state index contributed by atoms with van der Waals surface area (Å²) in [6.45, 7) is 3.36. The number of aryl methyl sites for hydroxylation is 1. The second-order valence-electron chi connectivity index (χ2n) is 7.31. The lowest BCUT2D eigenvalue weighted by atomic mass is 10.1. The molecule has 8 heteroatoms. The van der Waals surface area contributed by atoms with E-state index in [-0.39, 0.29) is 29.8 Å². The van der Waals surface area contributed by atoms with Crippen molar-refractivity contribution in [2.24, 2.45) is 14.1 Å². The molecule has 3 heterocycles. The highest BCUT2D eigenvalue weighted by molar-refractivity contribution is 6.00. The molecule has 0 amide bonds. The van der Waals surface area contributed by atoms with Crippen molar-refractivity contribution in [3.63, 3.8) is 0 Å². The average molecular weight is 374 g/mol. The Kier molecular flexibility index (Phi) is 5.36. The van der Waals surface area contributed by atoms with E-state index in [0.717, 1.165) is 28.9 Å². The van der Waals surface area contributed by atoms with E-state index < -0.39 is 11.2 Å². The molecular weight excluding hydrogens is 346 g/mol. The normalized spacial score (nSPS) is 19.5. The number of likely N-dealkylation sites (tertiary alicyclic amines) is 1. The lowest BCUT2D eigenvalue weighted by molar-refractivity contribution is -0.910. The Hall–Kier alpha value is -2.61. The van der Waals surface area contributed by atoms with Crippen LogP contribution in [-0.2, 0) is 20.6 Å². The van der Waals surface area contributed by atoms with Gasteiger partial charge in [-0.2, -0.15) is 0 Å². The molecule has 0 bridgehead atoms. The van der Waals surface area contributed by atoms with Crippen molar-refractivity contribution in [1.29, 1.82) is 0 Å². The third kappa shape index (κ3) is 3.37. The first-order chi connectivity index (χ1) is 12.9. The van der Waals surface area contributed by atoms with Crippen molar-refractivity contribution >= 4 is 11.6 Å². The number of carbonyl (C=O) groups excluding carboxylic acids is 1. The summed E-state index contributed by atoms with van der Waals surface area (Å²) >= 11 is 0. The van der Waals surface area contributed by atoms with Crippen LogP contribution in [0.3, 0.4) is 0 Å². The fourth-order valence-electron chi connectivity index (χ4n) is 4.10. The maximum absolute atomic E-state index is 13.0. The van der Waals surface area contributed by atoms with Crippen LogP contribution in [0, 0.1) is 0 Å². The van der Waals surface area contributed by atoms with Crippen molar-refractivity contribution in [3.05, 3.63) is 50.4 Å². The van der Waals surface area contributed by atoms with Crippen molar-refractivity contribution in [1.82, 2.24) is 13.7 Å². The molecule has 2 atom stereocenters. The first kappa shape index (κ1) is 19.2. The molecule has 3 N–H and O–H groups in total. The summed E-state index contributed by atoms with van der Waals surface area (Å²) in [5.74, 6) is -0.307. The lowest BCUT2D eigenvalue weighted by Gasteiger charge is -2.22. The van der Waals surface area contributed by atoms with Gasteiger partial charge in [-0.25, -0.2) is 4.79 Å². The minimum absolute atomic E-state index is 0.0102. The summed E-state index contributed by atoms with van der Waals surface area (Å²) in [6, 6.07) is 4.30. The molecule has 0 radical (unpaired) electrons. The summed E-state index contributed by atoms with van der Waals surface area (Å²) in [4.78, 5) is 39.0. The zero-order chi connectivity index (χ0) is 19.7. The van der Waals surface area contributed by atoms with Gasteiger partial charge in [0.2, 0.25) is 5.78 Å². The topological polar surface area (TPSA) is 96.5 Å². The second kappa shape index (κ2) is 7.56. The summed E-state index contributed by atoms with van der Waals surface area (Å²) in [5.41, 5.74) is 6.12. The number of nitrogens with two attached hydrogens (primary N) is 1. The van der Waals surface area contributed by atoms with E-state index in [9.17, 15) is 14.4 Å². The van der Waals surface area contributed by atoms with Crippen molar-refractivity contribution in [3.8, 4) is 0 Å². The van der Waals surface area contributed by atoms with Crippen LogP contribution in [-0.4, -0.2) is 32.6 Å². The molecule has 0 aliphatic carbocycles. The third-order valence-electron chi connectivity index (χ3n) is 5.52. The Bertz CT molecular complexity index is 969. The number of hydrogen-bond acceptors (Lipinski definition) is 4.